The number of carbonyl (C=O) groups is 3. The predicted octanol–water partition coefficient (Wildman–Crippen LogP) is 4.23. The quantitative estimate of drug-likeness (QED) is 0.347. The molecule has 2 aromatic rings. The number of hydrogen-bond acceptors (Lipinski definition) is 6. The molecule has 2 aromatic carbocycles. The number of amides is 3. The van der Waals surface area contributed by atoms with Crippen LogP contribution in [0.3, 0.4) is 0 Å². The second-order valence-corrected chi connectivity index (χ2v) is 9.76. The summed E-state index contributed by atoms with van der Waals surface area (Å²) in [6, 6.07) is 14.1. The summed E-state index contributed by atoms with van der Waals surface area (Å²) in [6.45, 7) is 2.38. The number of benzene rings is 2. The smallest absolute Gasteiger partial charge is 0.251 e. The highest BCUT2D eigenvalue weighted by Gasteiger charge is 2.35. The first-order valence-electron chi connectivity index (χ1n) is 12.8. The van der Waals surface area contributed by atoms with E-state index in [1.54, 1.807) is 13.2 Å². The van der Waals surface area contributed by atoms with Crippen molar-refractivity contribution in [1.29, 1.82) is 0 Å². The average molecular weight is 550 g/mol. The fourth-order valence-electron chi connectivity index (χ4n) is 4.48. The van der Waals surface area contributed by atoms with Gasteiger partial charge in [-0.1, -0.05) is 54.9 Å². The van der Waals surface area contributed by atoms with Crippen LogP contribution in [0.5, 0.6) is 0 Å². The Hall–Kier alpha value is -3.95. The van der Waals surface area contributed by atoms with Crippen molar-refractivity contribution in [2.45, 2.75) is 38.6 Å². The second-order valence-electron chi connectivity index (χ2n) is 9.35. The molecule has 10 heteroatoms. The van der Waals surface area contributed by atoms with E-state index in [1.165, 1.54) is 12.1 Å². The number of aliphatic imine (C=N–C) groups is 1. The van der Waals surface area contributed by atoms with Gasteiger partial charge in [0.2, 0.25) is 17.7 Å². The van der Waals surface area contributed by atoms with Crippen molar-refractivity contribution in [2.24, 2.45) is 16.6 Å². The van der Waals surface area contributed by atoms with E-state index < -0.39 is 17.7 Å². The van der Waals surface area contributed by atoms with Crippen LogP contribution in [0.1, 0.15) is 54.6 Å². The maximum atomic E-state index is 13.1. The maximum absolute atomic E-state index is 13.1. The van der Waals surface area contributed by atoms with Gasteiger partial charge in [-0.15, -0.1) is 0 Å². The molecule has 1 saturated heterocycles. The lowest BCUT2D eigenvalue weighted by molar-refractivity contribution is -0.131. The molecule has 3 amide bonds. The minimum atomic E-state index is -0.989. The predicted molar refractivity (Wildman–Crippen MR) is 151 cm³/mol. The number of piperidine rings is 1. The number of amidine groups is 1. The summed E-state index contributed by atoms with van der Waals surface area (Å²) in [6.07, 6.45) is 4.08. The molecule has 2 atom stereocenters. The molecule has 0 aliphatic carbocycles. The van der Waals surface area contributed by atoms with Gasteiger partial charge < -0.3 is 26.4 Å². The van der Waals surface area contributed by atoms with E-state index >= 15 is 0 Å². The summed E-state index contributed by atoms with van der Waals surface area (Å²) < 4.78 is 5.39. The van der Waals surface area contributed by atoms with E-state index in [0.717, 1.165) is 23.1 Å². The Bertz CT molecular complexity index is 1350. The van der Waals surface area contributed by atoms with Gasteiger partial charge in [0, 0.05) is 18.2 Å². The van der Waals surface area contributed by atoms with E-state index in [2.05, 4.69) is 20.9 Å². The van der Waals surface area contributed by atoms with E-state index in [4.69, 9.17) is 22.1 Å². The highest BCUT2D eigenvalue weighted by Crippen LogP contribution is 2.29. The van der Waals surface area contributed by atoms with Gasteiger partial charge in [0.25, 0.3) is 5.91 Å². The Balaban J connectivity index is 1.39. The maximum Gasteiger partial charge on any atom is 0.251 e. The van der Waals surface area contributed by atoms with Crippen molar-refractivity contribution in [2.75, 3.05) is 19.0 Å². The minimum Gasteiger partial charge on any atom is -0.481 e. The van der Waals surface area contributed by atoms with Crippen LogP contribution >= 0.6 is 11.6 Å². The Morgan fingerprint density at radius 1 is 1.23 bits per heavy atom. The van der Waals surface area contributed by atoms with Crippen LogP contribution in [0.25, 0.3) is 0 Å². The van der Waals surface area contributed by atoms with E-state index in [1.807, 2.05) is 43.3 Å². The third-order valence-corrected chi connectivity index (χ3v) is 7.12. The fraction of sp³-hybridized carbons (Fsp3) is 0.310. The molecule has 0 bridgehead atoms. The van der Waals surface area contributed by atoms with Crippen molar-refractivity contribution in [3.63, 3.8) is 0 Å². The molecule has 204 valence electrons. The highest BCUT2D eigenvalue weighted by molar-refractivity contribution is 6.34. The normalized spacial score (nSPS) is 17.6. The van der Waals surface area contributed by atoms with Crippen LogP contribution in [-0.2, 0) is 14.3 Å². The summed E-state index contributed by atoms with van der Waals surface area (Å²) in [4.78, 5) is 43.2. The second kappa shape index (κ2) is 12.7. The Kier molecular flexibility index (Phi) is 9.16. The van der Waals surface area contributed by atoms with E-state index in [-0.39, 0.29) is 29.1 Å². The van der Waals surface area contributed by atoms with Crippen molar-refractivity contribution in [3.8, 4) is 0 Å². The van der Waals surface area contributed by atoms with Gasteiger partial charge in [-0.2, -0.15) is 4.99 Å². The van der Waals surface area contributed by atoms with Crippen LogP contribution in [-0.4, -0.2) is 37.2 Å². The van der Waals surface area contributed by atoms with Crippen molar-refractivity contribution in [1.82, 2.24) is 10.6 Å². The van der Waals surface area contributed by atoms with E-state index in [9.17, 15) is 14.4 Å². The lowest BCUT2D eigenvalue weighted by Crippen LogP contribution is -2.47. The topological polar surface area (TPSA) is 135 Å². The summed E-state index contributed by atoms with van der Waals surface area (Å²) >= 11 is 6.32. The molecular formula is C29H32ClN5O4. The number of hydrogen-bond donors (Lipinski definition) is 4. The number of methoxy groups -OCH3 is 1. The molecule has 2 heterocycles. The number of nitrogens with zero attached hydrogens (tertiary/aromatic N) is 1. The zero-order valence-electron chi connectivity index (χ0n) is 21.9. The van der Waals surface area contributed by atoms with Crippen LogP contribution in [0.4, 0.5) is 5.69 Å². The molecule has 4 rings (SSSR count). The number of allylic oxidation sites excluding steroid dienone is 2. The number of carbonyl (C=O) groups excluding carboxylic acids is 3. The number of nitrogens with one attached hydrogen (secondary N) is 3. The molecule has 0 spiro atoms. The SMILES string of the molecule is CCC1=C(OC)N=C2NC(=O)C(C(=O)Nc3cc(C(=O)NCCC(N)c4ccccc4)ccc3Cl)CC2=CC1. The number of anilines is 1. The van der Waals surface area contributed by atoms with Crippen molar-refractivity contribution in [3.05, 3.63) is 87.8 Å². The number of nitrogens with two attached hydrogens (primary N) is 1. The molecule has 2 aliphatic rings. The third kappa shape index (κ3) is 6.74. The summed E-state index contributed by atoms with van der Waals surface area (Å²) in [5.41, 5.74) is 9.54. The highest BCUT2D eigenvalue weighted by atomic mass is 35.5. The van der Waals surface area contributed by atoms with Crippen molar-refractivity contribution < 1.29 is 19.1 Å². The zero-order valence-corrected chi connectivity index (χ0v) is 22.7. The molecule has 2 aliphatic heterocycles. The summed E-state index contributed by atoms with van der Waals surface area (Å²) in [5.74, 6) is -1.44. The molecule has 0 radical (unpaired) electrons. The van der Waals surface area contributed by atoms with Gasteiger partial charge in [0.1, 0.15) is 11.8 Å². The van der Waals surface area contributed by atoms with Crippen LogP contribution in [0, 0.1) is 5.92 Å². The van der Waals surface area contributed by atoms with E-state index in [0.29, 0.717) is 36.7 Å². The van der Waals surface area contributed by atoms with Crippen molar-refractivity contribution >= 4 is 40.8 Å². The summed E-state index contributed by atoms with van der Waals surface area (Å²) in [5, 5.41) is 8.55. The Morgan fingerprint density at radius 2 is 2.00 bits per heavy atom. The minimum absolute atomic E-state index is 0.184. The standard InChI is InChI=1S/C29H32ClN5O4/c1-3-17-9-10-19-15-21(28(38)34-25(19)35-29(17)39-2)27(37)33-24-16-20(11-12-22(24)30)26(36)32-14-13-23(31)18-7-5-4-6-8-18/h4-8,10-12,16,21,23H,3,9,13-15,31H2,1-2H3,(H,32,36)(H,33,37)(H,34,35,38). The first-order valence-corrected chi connectivity index (χ1v) is 13.2. The van der Waals surface area contributed by atoms with Gasteiger partial charge in [-0.3, -0.25) is 14.4 Å². The number of fused-ring (bicyclic) bond motifs is 1. The number of rotatable bonds is 9. The summed E-state index contributed by atoms with van der Waals surface area (Å²) in [7, 11) is 1.54. The van der Waals surface area contributed by atoms with Crippen LogP contribution < -0.4 is 21.7 Å². The fourth-order valence-corrected chi connectivity index (χ4v) is 4.64. The Morgan fingerprint density at radius 3 is 2.72 bits per heavy atom. The average Bonchev–Trinajstić information content (AvgIpc) is 3.12. The van der Waals surface area contributed by atoms with Crippen LogP contribution in [0.2, 0.25) is 5.02 Å². The van der Waals surface area contributed by atoms with Gasteiger partial charge in [0.15, 0.2) is 0 Å². The largest absolute Gasteiger partial charge is 0.481 e. The third-order valence-electron chi connectivity index (χ3n) is 6.79. The van der Waals surface area contributed by atoms with Gasteiger partial charge in [-0.05, 0) is 60.6 Å². The molecule has 39 heavy (non-hydrogen) atoms. The lowest BCUT2D eigenvalue weighted by atomic mass is 9.91. The van der Waals surface area contributed by atoms with Gasteiger partial charge >= 0.3 is 0 Å². The molecule has 0 aromatic heterocycles. The first kappa shape index (κ1) is 28.1. The molecule has 2 unspecified atom stereocenters. The lowest BCUT2D eigenvalue weighted by Gasteiger charge is -2.25. The number of ether oxygens (including phenoxy) is 1. The molecule has 9 nitrogen and oxygen atoms in total. The molecule has 0 saturated carbocycles. The molecular weight excluding hydrogens is 518 g/mol. The van der Waals surface area contributed by atoms with Gasteiger partial charge in [0.05, 0.1) is 17.8 Å². The first-order chi connectivity index (χ1) is 18.8. The van der Waals surface area contributed by atoms with Gasteiger partial charge in [-0.25, -0.2) is 0 Å². The molecule has 1 fully saturated rings. The monoisotopic (exact) mass is 549 g/mol. The zero-order chi connectivity index (χ0) is 27.9. The molecule has 5 N–H and O–H groups in total. The Labute approximate surface area is 232 Å². The number of halogens is 1. The van der Waals surface area contributed by atoms with Crippen LogP contribution in [0.15, 0.2) is 76.6 Å².